The maximum absolute atomic E-state index is 11.5. The Kier molecular flexibility index (Phi) is 2.43. The van der Waals surface area contributed by atoms with Crippen LogP contribution in [0.25, 0.3) is 0 Å². The van der Waals surface area contributed by atoms with E-state index in [-0.39, 0.29) is 22.6 Å². The fourth-order valence-electron chi connectivity index (χ4n) is 1.37. The lowest BCUT2D eigenvalue weighted by molar-refractivity contribution is 0.314. The van der Waals surface area contributed by atoms with Gasteiger partial charge in [-0.05, 0) is 0 Å². The predicted octanol–water partition coefficient (Wildman–Crippen LogP) is -0.473. The molecule has 2 heterocycles. The van der Waals surface area contributed by atoms with Crippen LogP contribution < -0.4 is 5.32 Å². The van der Waals surface area contributed by atoms with E-state index in [9.17, 15) is 13.5 Å². The van der Waals surface area contributed by atoms with Crippen LogP contribution in [0.15, 0.2) is 11.2 Å². The predicted molar refractivity (Wildman–Crippen MR) is 53.5 cm³/mol. The Morgan fingerprint density at radius 3 is 2.80 bits per heavy atom. The molecule has 1 aromatic rings. The fourth-order valence-corrected chi connectivity index (χ4v) is 2.23. The third-order valence-corrected chi connectivity index (χ3v) is 4.13. The van der Waals surface area contributed by atoms with Crippen LogP contribution in [-0.4, -0.2) is 42.1 Å². The van der Waals surface area contributed by atoms with E-state index in [1.54, 1.807) is 0 Å². The maximum Gasteiger partial charge on any atom is 0.218 e. The van der Waals surface area contributed by atoms with Crippen LogP contribution in [0.2, 0.25) is 0 Å². The van der Waals surface area contributed by atoms with Crippen molar-refractivity contribution in [3.63, 3.8) is 0 Å². The third kappa shape index (κ3) is 1.72. The van der Waals surface area contributed by atoms with Gasteiger partial charge in [0.05, 0.1) is 18.0 Å². The summed E-state index contributed by atoms with van der Waals surface area (Å²) >= 11 is 0. The largest absolute Gasteiger partial charge is 0.504 e. The average molecular weight is 231 g/mol. The van der Waals surface area contributed by atoms with E-state index in [1.807, 2.05) is 0 Å². The van der Waals surface area contributed by atoms with Crippen molar-refractivity contribution in [2.45, 2.75) is 18.0 Å². The van der Waals surface area contributed by atoms with Gasteiger partial charge < -0.3 is 10.4 Å². The first-order chi connectivity index (χ1) is 7.04. The standard InChI is InChI=1S/C8H13N3O3S/c1-2-15(13,14)8-7(12)5-11(10-8)6-3-9-4-6/h5-6,9,12H,2-4H2,1H3. The fraction of sp³-hybridized carbons (Fsp3) is 0.625. The van der Waals surface area contributed by atoms with Crippen LogP contribution in [0.5, 0.6) is 5.75 Å². The van der Waals surface area contributed by atoms with E-state index in [4.69, 9.17) is 0 Å². The van der Waals surface area contributed by atoms with Gasteiger partial charge in [0, 0.05) is 13.1 Å². The first kappa shape index (κ1) is 10.4. The number of sulfone groups is 1. The zero-order valence-corrected chi connectivity index (χ0v) is 9.16. The number of aromatic hydroxyl groups is 1. The van der Waals surface area contributed by atoms with Crippen LogP contribution in [0.3, 0.4) is 0 Å². The highest BCUT2D eigenvalue weighted by atomic mass is 32.2. The normalized spacial score (nSPS) is 17.7. The number of rotatable bonds is 3. The van der Waals surface area contributed by atoms with Crippen molar-refractivity contribution in [2.24, 2.45) is 0 Å². The summed E-state index contributed by atoms with van der Waals surface area (Å²) in [6.07, 6.45) is 1.37. The monoisotopic (exact) mass is 231 g/mol. The van der Waals surface area contributed by atoms with Gasteiger partial charge in [-0.2, -0.15) is 5.10 Å². The first-order valence-corrected chi connectivity index (χ1v) is 6.41. The molecule has 0 unspecified atom stereocenters. The van der Waals surface area contributed by atoms with Gasteiger partial charge in [-0.1, -0.05) is 6.92 Å². The van der Waals surface area contributed by atoms with Gasteiger partial charge in [-0.25, -0.2) is 8.42 Å². The van der Waals surface area contributed by atoms with E-state index < -0.39 is 9.84 Å². The quantitative estimate of drug-likeness (QED) is 0.734. The molecule has 1 aliphatic heterocycles. The van der Waals surface area contributed by atoms with Crippen LogP contribution >= 0.6 is 0 Å². The molecule has 0 amide bonds. The van der Waals surface area contributed by atoms with Crippen molar-refractivity contribution < 1.29 is 13.5 Å². The maximum atomic E-state index is 11.5. The summed E-state index contributed by atoms with van der Waals surface area (Å²) in [5, 5.41) is 16.2. The molecule has 1 aromatic heterocycles. The molecule has 0 radical (unpaired) electrons. The van der Waals surface area contributed by atoms with E-state index >= 15 is 0 Å². The van der Waals surface area contributed by atoms with Gasteiger partial charge in [-0.3, -0.25) is 4.68 Å². The van der Waals surface area contributed by atoms with E-state index in [0.29, 0.717) is 0 Å². The minimum Gasteiger partial charge on any atom is -0.504 e. The SMILES string of the molecule is CCS(=O)(=O)c1nn(C2CNC2)cc1O. The second-order valence-corrected chi connectivity index (χ2v) is 5.71. The second kappa shape index (κ2) is 3.49. The number of nitrogens with zero attached hydrogens (tertiary/aromatic N) is 2. The molecule has 0 aromatic carbocycles. The molecule has 1 fully saturated rings. The minimum absolute atomic E-state index is 0.0551. The lowest BCUT2D eigenvalue weighted by Gasteiger charge is -2.26. The summed E-state index contributed by atoms with van der Waals surface area (Å²) < 4.78 is 24.5. The molecule has 2 rings (SSSR count). The van der Waals surface area contributed by atoms with Crippen molar-refractivity contribution in [2.75, 3.05) is 18.8 Å². The molecule has 0 spiro atoms. The smallest absolute Gasteiger partial charge is 0.218 e. The van der Waals surface area contributed by atoms with Gasteiger partial charge in [0.2, 0.25) is 14.9 Å². The molecule has 0 bridgehead atoms. The summed E-state index contributed by atoms with van der Waals surface area (Å²) in [5.74, 6) is -0.315. The molecule has 15 heavy (non-hydrogen) atoms. The van der Waals surface area contributed by atoms with Crippen molar-refractivity contribution in [1.82, 2.24) is 15.1 Å². The number of hydrogen-bond acceptors (Lipinski definition) is 5. The van der Waals surface area contributed by atoms with Crippen LogP contribution in [0, 0.1) is 0 Å². The molecule has 7 heteroatoms. The highest BCUT2D eigenvalue weighted by molar-refractivity contribution is 7.91. The van der Waals surface area contributed by atoms with Gasteiger partial charge >= 0.3 is 0 Å². The summed E-state index contributed by atoms with van der Waals surface area (Å²) in [5.41, 5.74) is 0. The zero-order chi connectivity index (χ0) is 11.1. The van der Waals surface area contributed by atoms with Crippen LogP contribution in [0.1, 0.15) is 13.0 Å². The molecule has 2 N–H and O–H groups in total. The van der Waals surface area contributed by atoms with Crippen molar-refractivity contribution >= 4 is 9.84 Å². The third-order valence-electron chi connectivity index (χ3n) is 2.49. The Labute approximate surface area is 87.8 Å². The van der Waals surface area contributed by atoms with E-state index in [2.05, 4.69) is 10.4 Å². The van der Waals surface area contributed by atoms with Crippen LogP contribution in [0.4, 0.5) is 0 Å². The Morgan fingerprint density at radius 1 is 1.67 bits per heavy atom. The molecule has 0 atom stereocenters. The van der Waals surface area contributed by atoms with Crippen molar-refractivity contribution in [3.8, 4) is 5.75 Å². The van der Waals surface area contributed by atoms with Crippen molar-refractivity contribution in [1.29, 1.82) is 0 Å². The molecule has 84 valence electrons. The Hall–Kier alpha value is -1.08. The summed E-state index contributed by atoms with van der Waals surface area (Å²) in [7, 11) is -3.43. The summed E-state index contributed by atoms with van der Waals surface area (Å²) in [6.45, 7) is 3.04. The molecular weight excluding hydrogens is 218 g/mol. The first-order valence-electron chi connectivity index (χ1n) is 4.76. The second-order valence-electron chi connectivity index (χ2n) is 3.51. The summed E-state index contributed by atoms with van der Waals surface area (Å²) in [4.78, 5) is 0. The number of nitrogens with one attached hydrogen (secondary N) is 1. The van der Waals surface area contributed by atoms with Gasteiger partial charge in [0.15, 0.2) is 5.75 Å². The van der Waals surface area contributed by atoms with Crippen LogP contribution in [-0.2, 0) is 9.84 Å². The Bertz CT molecular complexity index is 461. The van der Waals surface area contributed by atoms with E-state index in [1.165, 1.54) is 17.8 Å². The summed E-state index contributed by atoms with van der Waals surface area (Å²) in [6, 6.07) is 0.150. The average Bonchev–Trinajstić information content (AvgIpc) is 2.45. The molecular formula is C8H13N3O3S. The molecule has 1 saturated heterocycles. The lowest BCUT2D eigenvalue weighted by atomic mass is 10.2. The number of hydrogen-bond donors (Lipinski definition) is 2. The molecule has 0 aliphatic carbocycles. The lowest BCUT2D eigenvalue weighted by Crippen LogP contribution is -2.43. The topological polar surface area (TPSA) is 84.2 Å². The van der Waals surface area contributed by atoms with Gasteiger partial charge in [0.25, 0.3) is 0 Å². The minimum atomic E-state index is -3.43. The van der Waals surface area contributed by atoms with E-state index in [0.717, 1.165) is 13.1 Å². The van der Waals surface area contributed by atoms with Gasteiger partial charge in [0.1, 0.15) is 0 Å². The Morgan fingerprint density at radius 2 is 2.33 bits per heavy atom. The van der Waals surface area contributed by atoms with Crippen molar-refractivity contribution in [3.05, 3.63) is 6.20 Å². The molecule has 6 nitrogen and oxygen atoms in total. The highest BCUT2D eigenvalue weighted by Gasteiger charge is 2.26. The Balaban J connectivity index is 2.37. The highest BCUT2D eigenvalue weighted by Crippen LogP contribution is 2.24. The molecule has 0 saturated carbocycles. The number of aromatic nitrogens is 2. The van der Waals surface area contributed by atoms with Gasteiger partial charge in [-0.15, -0.1) is 0 Å². The molecule has 1 aliphatic rings. The zero-order valence-electron chi connectivity index (χ0n) is 8.34.